The third kappa shape index (κ3) is 3.63. The molecule has 2 amide bonds. The molecule has 1 aromatic heterocycles. The molecule has 0 spiro atoms. The van der Waals surface area contributed by atoms with E-state index in [2.05, 4.69) is 20.8 Å². The second-order valence-corrected chi connectivity index (χ2v) is 5.78. The van der Waals surface area contributed by atoms with Gasteiger partial charge in [-0.15, -0.1) is 10.2 Å². The van der Waals surface area contributed by atoms with Crippen molar-refractivity contribution in [1.29, 1.82) is 0 Å². The van der Waals surface area contributed by atoms with E-state index in [1.54, 1.807) is 6.92 Å². The summed E-state index contributed by atoms with van der Waals surface area (Å²) < 4.78 is 0. The molecule has 1 aliphatic carbocycles. The molecule has 19 heavy (non-hydrogen) atoms. The molecule has 2 unspecified atom stereocenters. The molecule has 1 fully saturated rings. The summed E-state index contributed by atoms with van der Waals surface area (Å²) in [6.07, 6.45) is 2.44. The quantitative estimate of drug-likeness (QED) is 0.776. The molecule has 1 aromatic rings. The Balaban J connectivity index is 1.78. The second-order valence-electron chi connectivity index (χ2n) is 4.60. The molecule has 0 aromatic carbocycles. The molecule has 0 bridgehead atoms. The van der Waals surface area contributed by atoms with E-state index in [1.807, 2.05) is 0 Å². The smallest absolute Gasteiger partial charge is 0.321 e. The Kier molecular flexibility index (Phi) is 4.31. The lowest BCUT2D eigenvalue weighted by Crippen LogP contribution is -2.35. The van der Waals surface area contributed by atoms with Crippen molar-refractivity contribution in [2.75, 3.05) is 11.9 Å². The summed E-state index contributed by atoms with van der Waals surface area (Å²) in [4.78, 5) is 22.6. The number of aliphatic carboxylic acids is 1. The topological polar surface area (TPSA) is 104 Å². The lowest BCUT2D eigenvalue weighted by Gasteiger charge is -2.16. The normalized spacial score (nSPS) is 22.2. The summed E-state index contributed by atoms with van der Waals surface area (Å²) in [6, 6.07) is -0.368. The Morgan fingerprint density at radius 1 is 1.42 bits per heavy atom. The van der Waals surface area contributed by atoms with Gasteiger partial charge >= 0.3 is 12.0 Å². The number of aryl methyl sites for hydroxylation is 1. The van der Waals surface area contributed by atoms with Gasteiger partial charge in [-0.2, -0.15) is 0 Å². The van der Waals surface area contributed by atoms with Crippen LogP contribution in [0, 0.1) is 18.8 Å². The van der Waals surface area contributed by atoms with Crippen LogP contribution >= 0.6 is 11.3 Å². The van der Waals surface area contributed by atoms with Crippen LogP contribution in [0.2, 0.25) is 0 Å². The fourth-order valence-electron chi connectivity index (χ4n) is 2.32. The van der Waals surface area contributed by atoms with Gasteiger partial charge in [0.15, 0.2) is 0 Å². The summed E-state index contributed by atoms with van der Waals surface area (Å²) >= 11 is 1.29. The molecule has 1 aliphatic rings. The molecule has 0 radical (unpaired) electrons. The highest BCUT2D eigenvalue weighted by molar-refractivity contribution is 7.15. The third-order valence-electron chi connectivity index (χ3n) is 3.25. The maximum Gasteiger partial charge on any atom is 0.321 e. The lowest BCUT2D eigenvalue weighted by molar-refractivity contribution is -0.142. The first-order valence-electron chi connectivity index (χ1n) is 6.14. The monoisotopic (exact) mass is 284 g/mol. The van der Waals surface area contributed by atoms with Crippen LogP contribution in [-0.4, -0.2) is 33.8 Å². The highest BCUT2D eigenvalue weighted by Gasteiger charge is 2.32. The molecule has 7 nitrogen and oxygen atoms in total. The molecule has 8 heteroatoms. The molecule has 3 N–H and O–H groups in total. The number of carbonyl (C=O) groups excluding carboxylic acids is 1. The van der Waals surface area contributed by atoms with E-state index < -0.39 is 5.97 Å². The Labute approximate surface area is 114 Å². The summed E-state index contributed by atoms with van der Waals surface area (Å²) in [5, 5.41) is 23.1. The zero-order valence-corrected chi connectivity index (χ0v) is 11.4. The molecular weight excluding hydrogens is 268 g/mol. The predicted molar refractivity (Wildman–Crippen MR) is 70.1 cm³/mol. The minimum absolute atomic E-state index is 0.0133. The van der Waals surface area contributed by atoms with Crippen molar-refractivity contribution in [2.45, 2.75) is 26.2 Å². The van der Waals surface area contributed by atoms with Crippen molar-refractivity contribution in [3.63, 3.8) is 0 Å². The number of carboxylic acids is 1. The maximum atomic E-state index is 11.6. The van der Waals surface area contributed by atoms with Gasteiger partial charge in [-0.25, -0.2) is 4.79 Å². The number of anilines is 1. The van der Waals surface area contributed by atoms with Crippen LogP contribution in [0.3, 0.4) is 0 Å². The summed E-state index contributed by atoms with van der Waals surface area (Å²) in [5.74, 6) is -1.10. The predicted octanol–water partition coefficient (Wildman–Crippen LogP) is 1.47. The van der Waals surface area contributed by atoms with E-state index in [0.29, 0.717) is 18.1 Å². The minimum Gasteiger partial charge on any atom is -0.481 e. The lowest BCUT2D eigenvalue weighted by atomic mass is 9.96. The molecule has 1 saturated carbocycles. The number of hydrogen-bond donors (Lipinski definition) is 3. The van der Waals surface area contributed by atoms with Crippen LogP contribution < -0.4 is 10.6 Å². The van der Waals surface area contributed by atoms with Crippen LogP contribution in [0.15, 0.2) is 0 Å². The SMILES string of the molecule is Cc1nnc(NC(=O)NCC2CCCC2C(=O)O)s1. The number of carboxylic acid groups (broad SMARTS) is 1. The number of carbonyl (C=O) groups is 2. The van der Waals surface area contributed by atoms with E-state index in [1.165, 1.54) is 11.3 Å². The molecule has 2 atom stereocenters. The summed E-state index contributed by atoms with van der Waals surface area (Å²) in [6.45, 7) is 2.18. The number of amides is 2. The van der Waals surface area contributed by atoms with E-state index in [-0.39, 0.29) is 17.9 Å². The van der Waals surface area contributed by atoms with Gasteiger partial charge in [0.25, 0.3) is 0 Å². The first-order chi connectivity index (χ1) is 9.06. The van der Waals surface area contributed by atoms with Crippen molar-refractivity contribution in [3.8, 4) is 0 Å². The zero-order chi connectivity index (χ0) is 13.8. The van der Waals surface area contributed by atoms with Gasteiger partial charge in [0.1, 0.15) is 5.01 Å². The van der Waals surface area contributed by atoms with E-state index in [0.717, 1.165) is 17.8 Å². The average molecular weight is 284 g/mol. The van der Waals surface area contributed by atoms with Gasteiger partial charge in [0.05, 0.1) is 5.92 Å². The van der Waals surface area contributed by atoms with Crippen LogP contribution in [-0.2, 0) is 4.79 Å². The Bertz CT molecular complexity index is 476. The van der Waals surface area contributed by atoms with E-state index >= 15 is 0 Å². The van der Waals surface area contributed by atoms with Crippen LogP contribution in [0.1, 0.15) is 24.3 Å². The molecule has 104 valence electrons. The van der Waals surface area contributed by atoms with Crippen molar-refractivity contribution < 1.29 is 14.7 Å². The van der Waals surface area contributed by atoms with Crippen LogP contribution in [0.25, 0.3) is 0 Å². The number of rotatable bonds is 4. The van der Waals surface area contributed by atoms with Crippen LogP contribution in [0.4, 0.5) is 9.93 Å². The Morgan fingerprint density at radius 3 is 2.84 bits per heavy atom. The van der Waals surface area contributed by atoms with Gasteiger partial charge in [-0.3, -0.25) is 10.1 Å². The maximum absolute atomic E-state index is 11.6. The second kappa shape index (κ2) is 5.96. The number of nitrogens with zero attached hydrogens (tertiary/aromatic N) is 2. The van der Waals surface area contributed by atoms with Gasteiger partial charge in [-0.1, -0.05) is 17.8 Å². The third-order valence-corrected chi connectivity index (χ3v) is 4.00. The first kappa shape index (κ1) is 13.7. The fourth-order valence-corrected chi connectivity index (χ4v) is 2.91. The minimum atomic E-state index is -0.774. The van der Waals surface area contributed by atoms with Crippen molar-refractivity contribution in [2.24, 2.45) is 11.8 Å². The highest BCUT2D eigenvalue weighted by atomic mass is 32.1. The van der Waals surface area contributed by atoms with Crippen molar-refractivity contribution in [1.82, 2.24) is 15.5 Å². The summed E-state index contributed by atoms with van der Waals surface area (Å²) in [5.41, 5.74) is 0. The van der Waals surface area contributed by atoms with E-state index in [9.17, 15) is 9.59 Å². The van der Waals surface area contributed by atoms with Gasteiger partial charge in [0.2, 0.25) is 5.13 Å². The standard InChI is InChI=1S/C11H16N4O3S/c1-6-14-15-11(19-6)13-10(18)12-5-7-3-2-4-8(7)9(16)17/h7-8H,2-5H2,1H3,(H,16,17)(H2,12,13,15,18). The molecule has 0 aliphatic heterocycles. The van der Waals surface area contributed by atoms with E-state index in [4.69, 9.17) is 5.11 Å². The van der Waals surface area contributed by atoms with Crippen molar-refractivity contribution in [3.05, 3.63) is 5.01 Å². The van der Waals surface area contributed by atoms with Crippen LogP contribution in [0.5, 0.6) is 0 Å². The molecule has 0 saturated heterocycles. The Morgan fingerprint density at radius 2 is 2.21 bits per heavy atom. The average Bonchev–Trinajstić information content (AvgIpc) is 2.95. The largest absolute Gasteiger partial charge is 0.481 e. The Hall–Kier alpha value is -1.70. The molecular formula is C11H16N4O3S. The van der Waals surface area contributed by atoms with Gasteiger partial charge in [-0.05, 0) is 25.7 Å². The fraction of sp³-hybridized carbons (Fsp3) is 0.636. The highest BCUT2D eigenvalue weighted by Crippen LogP contribution is 2.31. The number of hydrogen-bond acceptors (Lipinski definition) is 5. The zero-order valence-electron chi connectivity index (χ0n) is 10.5. The van der Waals surface area contributed by atoms with Crippen molar-refractivity contribution >= 4 is 28.5 Å². The summed E-state index contributed by atoms with van der Waals surface area (Å²) in [7, 11) is 0. The molecule has 2 rings (SSSR count). The first-order valence-corrected chi connectivity index (χ1v) is 6.95. The number of aromatic nitrogens is 2. The molecule has 1 heterocycles. The van der Waals surface area contributed by atoms with Gasteiger partial charge in [0, 0.05) is 6.54 Å². The van der Waals surface area contributed by atoms with Gasteiger partial charge < -0.3 is 10.4 Å². The number of nitrogens with one attached hydrogen (secondary N) is 2. The number of urea groups is 1.